The lowest BCUT2D eigenvalue weighted by Gasteiger charge is -2.21. The van der Waals surface area contributed by atoms with Crippen LogP contribution in [-0.4, -0.2) is 69.2 Å². The van der Waals surface area contributed by atoms with Crippen molar-refractivity contribution >= 4 is 27.3 Å². The Kier molecular flexibility index (Phi) is 9.17. The van der Waals surface area contributed by atoms with Gasteiger partial charge in [0.15, 0.2) is 9.84 Å². The van der Waals surface area contributed by atoms with Crippen LogP contribution in [0.1, 0.15) is 31.4 Å². The molecule has 0 radical (unpaired) electrons. The Morgan fingerprint density at radius 2 is 1.97 bits per heavy atom. The van der Waals surface area contributed by atoms with Crippen molar-refractivity contribution in [2.24, 2.45) is 5.92 Å². The Hall–Kier alpha value is -2.60. The van der Waals surface area contributed by atoms with Gasteiger partial charge in [-0.1, -0.05) is 11.6 Å². The second-order valence-electron chi connectivity index (χ2n) is 9.20. The Labute approximate surface area is 213 Å². The summed E-state index contributed by atoms with van der Waals surface area (Å²) in [7, 11) is -1.88. The first kappa shape index (κ1) is 27.0. The van der Waals surface area contributed by atoms with E-state index in [0.29, 0.717) is 34.9 Å². The molecule has 2 aromatic rings. The average Bonchev–Trinajstić information content (AvgIpc) is 3.19. The normalized spacial score (nSPS) is 18.3. The molecule has 1 amide bonds. The molecule has 0 saturated carbocycles. The SMILES string of the molecule is CC(=O)N(C)CCS(=O)(=O)c1ccc(OCC2CC(C)N(CCc3cc(Cl)cc(C#N)c3)C2)cc1. The van der Waals surface area contributed by atoms with E-state index in [1.807, 2.05) is 12.1 Å². The molecule has 0 aliphatic carbocycles. The third kappa shape index (κ3) is 7.69. The van der Waals surface area contributed by atoms with Gasteiger partial charge in [-0.05, 0) is 67.8 Å². The van der Waals surface area contributed by atoms with E-state index in [2.05, 4.69) is 17.9 Å². The Morgan fingerprint density at radius 3 is 2.63 bits per heavy atom. The van der Waals surface area contributed by atoms with Crippen LogP contribution in [0.4, 0.5) is 0 Å². The minimum atomic E-state index is -3.47. The van der Waals surface area contributed by atoms with Crippen molar-refractivity contribution in [2.45, 2.75) is 37.6 Å². The van der Waals surface area contributed by atoms with Crippen molar-refractivity contribution in [2.75, 3.05) is 39.0 Å². The summed E-state index contributed by atoms with van der Waals surface area (Å²) in [6.45, 7) is 6.14. The summed E-state index contributed by atoms with van der Waals surface area (Å²) in [5.41, 5.74) is 1.64. The summed E-state index contributed by atoms with van der Waals surface area (Å²) in [6, 6.07) is 14.5. The number of hydrogen-bond donors (Lipinski definition) is 0. The van der Waals surface area contributed by atoms with Crippen LogP contribution in [-0.2, 0) is 21.1 Å². The molecule has 188 valence electrons. The molecule has 1 aliphatic heterocycles. The summed E-state index contributed by atoms with van der Waals surface area (Å²) in [6.07, 6.45) is 1.85. The summed E-state index contributed by atoms with van der Waals surface area (Å²) >= 11 is 6.12. The van der Waals surface area contributed by atoms with Gasteiger partial charge in [-0.2, -0.15) is 5.26 Å². The average molecular weight is 518 g/mol. The number of likely N-dealkylation sites (tertiary alicyclic amines) is 1. The van der Waals surface area contributed by atoms with Gasteiger partial charge in [-0.3, -0.25) is 9.69 Å². The number of nitrogens with zero attached hydrogens (tertiary/aromatic N) is 3. The largest absolute Gasteiger partial charge is 0.493 e. The van der Waals surface area contributed by atoms with Crippen molar-refractivity contribution in [1.29, 1.82) is 5.26 Å². The summed E-state index contributed by atoms with van der Waals surface area (Å²) < 4.78 is 31.0. The second-order valence-corrected chi connectivity index (χ2v) is 11.7. The molecule has 0 spiro atoms. The van der Waals surface area contributed by atoms with Crippen LogP contribution in [0.3, 0.4) is 0 Å². The van der Waals surface area contributed by atoms with Crippen LogP contribution in [0.5, 0.6) is 5.75 Å². The fourth-order valence-corrected chi connectivity index (χ4v) is 5.83. The van der Waals surface area contributed by atoms with Gasteiger partial charge in [-0.25, -0.2) is 8.42 Å². The smallest absolute Gasteiger partial charge is 0.219 e. The van der Waals surface area contributed by atoms with Crippen LogP contribution < -0.4 is 4.74 Å². The molecule has 0 bridgehead atoms. The summed E-state index contributed by atoms with van der Waals surface area (Å²) in [4.78, 5) is 15.3. The predicted octanol–water partition coefficient (Wildman–Crippen LogP) is 3.80. The Balaban J connectivity index is 1.48. The predicted molar refractivity (Wildman–Crippen MR) is 136 cm³/mol. The van der Waals surface area contributed by atoms with Crippen LogP contribution in [0.2, 0.25) is 5.02 Å². The first-order valence-electron chi connectivity index (χ1n) is 11.7. The van der Waals surface area contributed by atoms with Crippen molar-refractivity contribution in [3.8, 4) is 11.8 Å². The van der Waals surface area contributed by atoms with Crippen molar-refractivity contribution < 1.29 is 17.9 Å². The number of halogens is 1. The molecular weight excluding hydrogens is 486 g/mol. The zero-order valence-electron chi connectivity index (χ0n) is 20.4. The monoisotopic (exact) mass is 517 g/mol. The minimum absolute atomic E-state index is 0.119. The minimum Gasteiger partial charge on any atom is -0.493 e. The van der Waals surface area contributed by atoms with Gasteiger partial charge in [0, 0.05) is 50.6 Å². The highest BCUT2D eigenvalue weighted by molar-refractivity contribution is 7.91. The van der Waals surface area contributed by atoms with Gasteiger partial charge in [0.1, 0.15) is 5.75 Å². The first-order valence-corrected chi connectivity index (χ1v) is 13.7. The van der Waals surface area contributed by atoms with Gasteiger partial charge in [0.05, 0.1) is 28.9 Å². The van der Waals surface area contributed by atoms with Crippen molar-refractivity contribution in [1.82, 2.24) is 9.80 Å². The van der Waals surface area contributed by atoms with Gasteiger partial charge in [0.2, 0.25) is 5.91 Å². The summed E-state index contributed by atoms with van der Waals surface area (Å²) in [5.74, 6) is 0.733. The number of nitriles is 1. The maximum atomic E-state index is 12.5. The van der Waals surface area contributed by atoms with E-state index in [4.69, 9.17) is 21.6 Å². The van der Waals surface area contributed by atoms with Crippen LogP contribution in [0.25, 0.3) is 0 Å². The number of carbonyl (C=O) groups excluding carboxylic acids is 1. The lowest BCUT2D eigenvalue weighted by Crippen LogP contribution is -2.29. The number of hydrogen-bond acceptors (Lipinski definition) is 6. The number of carbonyl (C=O) groups is 1. The van der Waals surface area contributed by atoms with Crippen molar-refractivity contribution in [3.63, 3.8) is 0 Å². The van der Waals surface area contributed by atoms with E-state index in [9.17, 15) is 13.2 Å². The molecule has 1 fully saturated rings. The number of amides is 1. The number of benzene rings is 2. The Morgan fingerprint density at radius 1 is 1.26 bits per heavy atom. The number of rotatable bonds is 10. The van der Waals surface area contributed by atoms with E-state index in [0.717, 1.165) is 31.5 Å². The third-order valence-corrected chi connectivity index (χ3v) is 8.40. The van der Waals surface area contributed by atoms with Gasteiger partial charge in [0.25, 0.3) is 0 Å². The molecule has 7 nitrogen and oxygen atoms in total. The molecule has 9 heteroatoms. The van der Waals surface area contributed by atoms with Gasteiger partial charge < -0.3 is 9.64 Å². The first-order chi connectivity index (χ1) is 16.6. The van der Waals surface area contributed by atoms with E-state index in [1.165, 1.54) is 11.8 Å². The quantitative estimate of drug-likeness (QED) is 0.476. The molecule has 2 atom stereocenters. The standard InChI is InChI=1S/C26H32ClN3O4S/c1-19-12-23(17-30(19)9-8-21-13-22(16-28)15-24(27)14-21)18-34-25-4-6-26(7-5-25)35(32,33)11-10-29(3)20(2)31/h4-7,13-15,19,23H,8-12,17-18H2,1-3H3. The highest BCUT2D eigenvalue weighted by Crippen LogP contribution is 2.25. The number of sulfone groups is 1. The maximum absolute atomic E-state index is 12.5. The molecule has 1 heterocycles. The van der Waals surface area contributed by atoms with E-state index in [-0.39, 0.29) is 23.1 Å². The van der Waals surface area contributed by atoms with Crippen molar-refractivity contribution in [3.05, 3.63) is 58.6 Å². The lowest BCUT2D eigenvalue weighted by molar-refractivity contribution is -0.127. The van der Waals surface area contributed by atoms with Gasteiger partial charge >= 0.3 is 0 Å². The zero-order chi connectivity index (χ0) is 25.6. The van der Waals surface area contributed by atoms with Crippen LogP contribution >= 0.6 is 11.6 Å². The van der Waals surface area contributed by atoms with E-state index >= 15 is 0 Å². The summed E-state index contributed by atoms with van der Waals surface area (Å²) in [5, 5.41) is 9.72. The van der Waals surface area contributed by atoms with Crippen LogP contribution in [0, 0.1) is 17.2 Å². The molecule has 35 heavy (non-hydrogen) atoms. The maximum Gasteiger partial charge on any atom is 0.219 e. The number of ether oxygens (including phenoxy) is 1. The van der Waals surface area contributed by atoms with Crippen LogP contribution in [0.15, 0.2) is 47.4 Å². The molecule has 1 saturated heterocycles. The van der Waals surface area contributed by atoms with E-state index < -0.39 is 9.84 Å². The molecule has 0 aromatic heterocycles. The molecule has 3 rings (SSSR count). The third-order valence-electron chi connectivity index (χ3n) is 6.47. The highest BCUT2D eigenvalue weighted by atomic mass is 35.5. The lowest BCUT2D eigenvalue weighted by atomic mass is 10.1. The topological polar surface area (TPSA) is 90.7 Å². The molecule has 1 aliphatic rings. The fraction of sp³-hybridized carbons (Fsp3) is 0.462. The highest BCUT2D eigenvalue weighted by Gasteiger charge is 2.29. The molecule has 2 unspecified atom stereocenters. The van der Waals surface area contributed by atoms with Gasteiger partial charge in [-0.15, -0.1) is 0 Å². The molecular formula is C26H32ClN3O4S. The van der Waals surface area contributed by atoms with E-state index in [1.54, 1.807) is 37.4 Å². The zero-order valence-corrected chi connectivity index (χ0v) is 22.0. The second kappa shape index (κ2) is 11.9. The fourth-order valence-electron chi connectivity index (χ4n) is 4.27. The Bertz CT molecular complexity index is 1180. The molecule has 0 N–H and O–H groups in total. The molecule has 2 aromatic carbocycles.